The molecular formula is C18H13N5O3S2. The number of hydrogen-bond donors (Lipinski definition) is 1. The Morgan fingerprint density at radius 2 is 1.96 bits per heavy atom. The number of thiazole rings is 1. The molecule has 4 aromatic rings. The maximum Gasteiger partial charge on any atom is 0.324 e. The maximum atomic E-state index is 12.5. The second kappa shape index (κ2) is 7.33. The number of aromatic nitrogens is 3. The van der Waals surface area contributed by atoms with Gasteiger partial charge in [-0.25, -0.2) is 9.97 Å². The predicted molar refractivity (Wildman–Crippen MR) is 109 cm³/mol. The van der Waals surface area contributed by atoms with Gasteiger partial charge in [0.05, 0.1) is 20.4 Å². The lowest BCUT2D eigenvalue weighted by molar-refractivity contribution is -0.380. The summed E-state index contributed by atoms with van der Waals surface area (Å²) in [5, 5.41) is 13.9. The molecule has 0 radical (unpaired) electrons. The van der Waals surface area contributed by atoms with E-state index in [1.807, 2.05) is 48.1 Å². The van der Waals surface area contributed by atoms with Crippen LogP contribution in [0.1, 0.15) is 9.67 Å². The molecule has 0 aliphatic rings. The highest BCUT2D eigenvalue weighted by molar-refractivity contribution is 7.20. The number of hydrogen-bond acceptors (Lipinski definition) is 7. The molecular weight excluding hydrogens is 398 g/mol. The fourth-order valence-corrected chi connectivity index (χ4v) is 4.35. The zero-order chi connectivity index (χ0) is 19.7. The number of nitro groups is 1. The van der Waals surface area contributed by atoms with Gasteiger partial charge >= 0.3 is 5.00 Å². The Morgan fingerprint density at radius 3 is 2.61 bits per heavy atom. The van der Waals surface area contributed by atoms with Crippen LogP contribution in [-0.4, -0.2) is 25.4 Å². The van der Waals surface area contributed by atoms with E-state index in [1.165, 1.54) is 23.5 Å². The van der Waals surface area contributed by atoms with Gasteiger partial charge in [0, 0.05) is 31.1 Å². The molecule has 1 aromatic carbocycles. The Labute approximate surface area is 167 Å². The zero-order valence-corrected chi connectivity index (χ0v) is 16.2. The van der Waals surface area contributed by atoms with Crippen LogP contribution in [0.15, 0.2) is 54.9 Å². The SMILES string of the molecule is Cn1ccnc1-c1sc(NC(=O)c2ccc([N+](=O)[O-])s2)nc1-c1ccccc1. The highest BCUT2D eigenvalue weighted by Crippen LogP contribution is 2.38. The van der Waals surface area contributed by atoms with E-state index < -0.39 is 10.8 Å². The number of anilines is 1. The van der Waals surface area contributed by atoms with Crippen LogP contribution in [0.3, 0.4) is 0 Å². The van der Waals surface area contributed by atoms with Gasteiger partial charge in [0.25, 0.3) is 5.91 Å². The monoisotopic (exact) mass is 411 g/mol. The van der Waals surface area contributed by atoms with Crippen molar-refractivity contribution in [2.45, 2.75) is 0 Å². The van der Waals surface area contributed by atoms with Gasteiger partial charge in [-0.1, -0.05) is 53.0 Å². The minimum Gasteiger partial charge on any atom is -0.333 e. The molecule has 0 saturated heterocycles. The molecule has 1 amide bonds. The summed E-state index contributed by atoms with van der Waals surface area (Å²) in [6, 6.07) is 12.4. The first-order chi connectivity index (χ1) is 13.5. The highest BCUT2D eigenvalue weighted by atomic mass is 32.1. The Morgan fingerprint density at radius 1 is 1.18 bits per heavy atom. The summed E-state index contributed by atoms with van der Waals surface area (Å²) < 4.78 is 1.88. The zero-order valence-electron chi connectivity index (χ0n) is 14.5. The molecule has 0 aliphatic carbocycles. The third-order valence-electron chi connectivity index (χ3n) is 3.91. The van der Waals surface area contributed by atoms with Gasteiger partial charge in [-0.15, -0.1) is 0 Å². The van der Waals surface area contributed by atoms with E-state index in [4.69, 9.17) is 0 Å². The van der Waals surface area contributed by atoms with Crippen LogP contribution in [0.5, 0.6) is 0 Å². The fourth-order valence-electron chi connectivity index (χ4n) is 2.61. The number of nitrogens with zero attached hydrogens (tertiary/aromatic N) is 4. The van der Waals surface area contributed by atoms with Gasteiger partial charge in [-0.2, -0.15) is 0 Å². The summed E-state index contributed by atoms with van der Waals surface area (Å²) in [6.07, 6.45) is 3.54. The summed E-state index contributed by atoms with van der Waals surface area (Å²) in [5.74, 6) is 0.307. The molecule has 8 nitrogen and oxygen atoms in total. The molecule has 140 valence electrons. The van der Waals surface area contributed by atoms with Crippen molar-refractivity contribution in [1.82, 2.24) is 14.5 Å². The van der Waals surface area contributed by atoms with Crippen molar-refractivity contribution >= 4 is 38.7 Å². The first-order valence-corrected chi connectivity index (χ1v) is 9.76. The molecule has 0 aliphatic heterocycles. The number of benzene rings is 1. The largest absolute Gasteiger partial charge is 0.333 e. The van der Waals surface area contributed by atoms with Crippen LogP contribution < -0.4 is 5.32 Å². The lowest BCUT2D eigenvalue weighted by Gasteiger charge is -2.02. The molecule has 10 heteroatoms. The van der Waals surface area contributed by atoms with Crippen molar-refractivity contribution in [2.24, 2.45) is 7.05 Å². The van der Waals surface area contributed by atoms with Crippen molar-refractivity contribution in [3.05, 3.63) is 69.8 Å². The molecule has 0 fully saturated rings. The van der Waals surface area contributed by atoms with E-state index in [1.54, 1.807) is 6.20 Å². The third-order valence-corrected chi connectivity index (χ3v) is 5.92. The smallest absolute Gasteiger partial charge is 0.324 e. The van der Waals surface area contributed by atoms with E-state index >= 15 is 0 Å². The van der Waals surface area contributed by atoms with Gasteiger partial charge < -0.3 is 4.57 Å². The first-order valence-electron chi connectivity index (χ1n) is 8.12. The lowest BCUT2D eigenvalue weighted by atomic mass is 10.1. The standard InChI is InChI=1S/C18H13N5O3S2/c1-22-10-9-19-16(22)15-14(11-5-3-2-4-6-11)20-18(28-15)21-17(24)12-7-8-13(27-12)23(25)26/h2-10H,1H3,(H,20,21,24). The van der Waals surface area contributed by atoms with E-state index in [0.717, 1.165) is 27.6 Å². The van der Waals surface area contributed by atoms with E-state index in [-0.39, 0.29) is 9.88 Å². The van der Waals surface area contributed by atoms with Crippen LogP contribution in [-0.2, 0) is 7.05 Å². The van der Waals surface area contributed by atoms with Gasteiger partial charge in [0.2, 0.25) is 0 Å². The Balaban J connectivity index is 1.70. The molecule has 0 bridgehead atoms. The second-order valence-corrected chi connectivity index (χ2v) is 7.83. The van der Waals surface area contributed by atoms with E-state index in [0.29, 0.717) is 10.8 Å². The minimum absolute atomic E-state index is 0.0806. The number of thiophene rings is 1. The van der Waals surface area contributed by atoms with Crippen LogP contribution in [0.2, 0.25) is 0 Å². The predicted octanol–water partition coefficient (Wildman–Crippen LogP) is 4.43. The van der Waals surface area contributed by atoms with Crippen LogP contribution in [0.25, 0.3) is 22.0 Å². The second-order valence-electron chi connectivity index (χ2n) is 5.77. The third kappa shape index (κ3) is 3.42. The van der Waals surface area contributed by atoms with Gasteiger partial charge in [0.15, 0.2) is 11.0 Å². The van der Waals surface area contributed by atoms with Gasteiger partial charge in [-0.3, -0.25) is 20.2 Å². The van der Waals surface area contributed by atoms with Crippen molar-refractivity contribution in [3.8, 4) is 22.0 Å². The first kappa shape index (κ1) is 18.0. The quantitative estimate of drug-likeness (QED) is 0.386. The Kier molecular flexibility index (Phi) is 4.72. The van der Waals surface area contributed by atoms with Crippen LogP contribution in [0, 0.1) is 10.1 Å². The number of imidazole rings is 1. The molecule has 1 N–H and O–H groups in total. The number of rotatable bonds is 5. The number of carbonyl (C=O) groups excluding carboxylic acids is 1. The summed E-state index contributed by atoms with van der Waals surface area (Å²) >= 11 is 2.13. The Hall–Kier alpha value is -3.37. The average Bonchev–Trinajstić information content (AvgIpc) is 3.41. The van der Waals surface area contributed by atoms with Crippen LogP contribution in [0.4, 0.5) is 10.1 Å². The minimum atomic E-state index is -0.516. The summed E-state index contributed by atoms with van der Waals surface area (Å²) in [6.45, 7) is 0. The van der Waals surface area contributed by atoms with E-state index in [9.17, 15) is 14.9 Å². The van der Waals surface area contributed by atoms with Crippen molar-refractivity contribution in [2.75, 3.05) is 5.32 Å². The number of amides is 1. The molecule has 28 heavy (non-hydrogen) atoms. The molecule has 3 aromatic heterocycles. The molecule has 0 atom stereocenters. The van der Waals surface area contributed by atoms with Crippen molar-refractivity contribution in [1.29, 1.82) is 0 Å². The van der Waals surface area contributed by atoms with Gasteiger partial charge in [0.1, 0.15) is 0 Å². The number of carbonyl (C=O) groups is 1. The molecule has 3 heterocycles. The number of nitrogens with one attached hydrogen (secondary N) is 1. The summed E-state index contributed by atoms with van der Waals surface area (Å²) in [7, 11) is 1.89. The normalized spacial score (nSPS) is 10.8. The molecule has 4 rings (SSSR count). The molecule has 0 unspecified atom stereocenters. The van der Waals surface area contributed by atoms with Crippen molar-refractivity contribution < 1.29 is 9.72 Å². The molecule has 0 saturated carbocycles. The van der Waals surface area contributed by atoms with Crippen molar-refractivity contribution in [3.63, 3.8) is 0 Å². The summed E-state index contributed by atoms with van der Waals surface area (Å²) in [4.78, 5) is 32.9. The summed E-state index contributed by atoms with van der Waals surface area (Å²) in [5.41, 5.74) is 1.62. The number of aryl methyl sites for hydroxylation is 1. The molecule has 0 spiro atoms. The van der Waals surface area contributed by atoms with Gasteiger partial charge in [-0.05, 0) is 6.07 Å². The highest BCUT2D eigenvalue weighted by Gasteiger charge is 2.21. The Bertz CT molecular complexity index is 1160. The van der Waals surface area contributed by atoms with Crippen LogP contribution >= 0.6 is 22.7 Å². The fraction of sp³-hybridized carbons (Fsp3) is 0.0556. The topological polar surface area (TPSA) is 103 Å². The lowest BCUT2D eigenvalue weighted by Crippen LogP contribution is -2.09. The maximum absolute atomic E-state index is 12.5. The average molecular weight is 411 g/mol. The van der Waals surface area contributed by atoms with E-state index in [2.05, 4.69) is 15.3 Å².